The smallest absolute Gasteiger partial charge is 0.0950 e. The van der Waals surface area contributed by atoms with Gasteiger partial charge in [0.1, 0.15) is 0 Å². The van der Waals surface area contributed by atoms with E-state index < -0.39 is 0 Å². The lowest BCUT2D eigenvalue weighted by Crippen LogP contribution is -2.18. The Hall–Kier alpha value is -0.250. The van der Waals surface area contributed by atoms with E-state index in [0.29, 0.717) is 6.61 Å². The Morgan fingerprint density at radius 1 is 1.54 bits per heavy atom. The summed E-state index contributed by atoms with van der Waals surface area (Å²) in [4.78, 5) is 0. The van der Waals surface area contributed by atoms with Crippen molar-refractivity contribution in [1.82, 2.24) is 0 Å². The highest BCUT2D eigenvalue weighted by Gasteiger charge is 2.41. The molecule has 1 aromatic rings. The predicted molar refractivity (Wildman–Crippen MR) is 56.6 cm³/mol. The van der Waals surface area contributed by atoms with Gasteiger partial charge in [0, 0.05) is 12.0 Å². The van der Waals surface area contributed by atoms with Gasteiger partial charge in [-0.3, -0.25) is 0 Å². The molecule has 0 spiro atoms. The van der Waals surface area contributed by atoms with Crippen LogP contribution in [-0.2, 0) is 0 Å². The van der Waals surface area contributed by atoms with Crippen LogP contribution in [0.1, 0.15) is 12.8 Å². The molecule has 0 amide bonds. The summed E-state index contributed by atoms with van der Waals surface area (Å²) in [6.45, 7) is 1.15. The summed E-state index contributed by atoms with van der Waals surface area (Å²) < 4.78 is 0.802. The summed E-state index contributed by atoms with van der Waals surface area (Å²) in [5, 5.41) is 13.5. The second-order valence-corrected chi connectivity index (χ2v) is 5.33. The predicted octanol–water partition coefficient (Wildman–Crippen LogP) is 2.59. The lowest BCUT2D eigenvalue weighted by Gasteiger charge is -2.11. The molecule has 4 heteroatoms. The lowest BCUT2D eigenvalue weighted by atomic mass is 10.1. The van der Waals surface area contributed by atoms with Crippen LogP contribution >= 0.6 is 22.9 Å². The van der Waals surface area contributed by atoms with Gasteiger partial charge in [-0.1, -0.05) is 11.6 Å². The van der Waals surface area contributed by atoms with Gasteiger partial charge >= 0.3 is 0 Å². The van der Waals surface area contributed by atoms with Crippen LogP contribution in [0.4, 0.5) is 5.00 Å². The average Bonchev–Trinajstić information content (AvgIpc) is 2.81. The summed E-state index contributed by atoms with van der Waals surface area (Å²) in [6, 6.07) is 3.85. The molecule has 1 aliphatic carbocycles. The van der Waals surface area contributed by atoms with Crippen molar-refractivity contribution in [2.75, 3.05) is 18.5 Å². The fourth-order valence-corrected chi connectivity index (χ4v) is 2.19. The quantitative estimate of drug-likeness (QED) is 0.813. The van der Waals surface area contributed by atoms with Gasteiger partial charge in [-0.25, -0.2) is 0 Å². The summed E-state index contributed by atoms with van der Waals surface area (Å²) in [5.41, 5.74) is 0.163. The van der Waals surface area contributed by atoms with Gasteiger partial charge in [0.25, 0.3) is 0 Å². The maximum Gasteiger partial charge on any atom is 0.0950 e. The first-order valence-electron chi connectivity index (χ1n) is 4.34. The Labute approximate surface area is 86.5 Å². The van der Waals surface area contributed by atoms with Gasteiger partial charge in [0.15, 0.2) is 0 Å². The molecule has 0 bridgehead atoms. The largest absolute Gasteiger partial charge is 0.396 e. The van der Waals surface area contributed by atoms with E-state index in [0.717, 1.165) is 28.7 Å². The first-order chi connectivity index (χ1) is 6.24. The molecule has 72 valence electrons. The van der Waals surface area contributed by atoms with E-state index in [2.05, 4.69) is 5.32 Å². The molecule has 1 fully saturated rings. The van der Waals surface area contributed by atoms with Crippen molar-refractivity contribution in [2.24, 2.45) is 5.41 Å². The molecular weight excluding hydrogens is 206 g/mol. The highest BCUT2D eigenvalue weighted by atomic mass is 35.5. The molecule has 0 atom stereocenters. The van der Waals surface area contributed by atoms with Gasteiger partial charge in [-0.2, -0.15) is 0 Å². The Balaban J connectivity index is 1.86. The van der Waals surface area contributed by atoms with E-state index >= 15 is 0 Å². The summed E-state index contributed by atoms with van der Waals surface area (Å²) in [6.07, 6.45) is 2.27. The zero-order valence-corrected chi connectivity index (χ0v) is 8.79. The Bertz CT molecular complexity index is 296. The van der Waals surface area contributed by atoms with Crippen molar-refractivity contribution in [3.63, 3.8) is 0 Å². The van der Waals surface area contributed by atoms with Crippen LogP contribution in [0.3, 0.4) is 0 Å². The molecule has 0 aliphatic heterocycles. The van der Waals surface area contributed by atoms with Crippen LogP contribution < -0.4 is 5.32 Å². The van der Waals surface area contributed by atoms with Crippen LogP contribution in [0.25, 0.3) is 0 Å². The SMILES string of the molecule is OCC1(CNc2ccc(Cl)s2)CC1. The molecule has 1 aromatic heterocycles. The van der Waals surface area contributed by atoms with Gasteiger partial charge in [-0.15, -0.1) is 11.3 Å². The highest BCUT2D eigenvalue weighted by Crippen LogP contribution is 2.45. The second kappa shape index (κ2) is 3.48. The second-order valence-electron chi connectivity index (χ2n) is 3.62. The zero-order valence-electron chi connectivity index (χ0n) is 7.22. The van der Waals surface area contributed by atoms with Crippen molar-refractivity contribution in [3.8, 4) is 0 Å². The molecule has 2 N–H and O–H groups in total. The first kappa shape index (κ1) is 9.31. The van der Waals surface area contributed by atoms with Crippen molar-refractivity contribution in [1.29, 1.82) is 0 Å². The van der Waals surface area contributed by atoms with Crippen LogP contribution in [0.2, 0.25) is 4.34 Å². The van der Waals surface area contributed by atoms with E-state index in [-0.39, 0.29) is 5.41 Å². The van der Waals surface area contributed by atoms with Gasteiger partial charge in [-0.05, 0) is 25.0 Å². The maximum absolute atomic E-state index is 9.08. The molecule has 2 rings (SSSR count). The minimum Gasteiger partial charge on any atom is -0.396 e. The van der Waals surface area contributed by atoms with E-state index in [1.165, 1.54) is 11.3 Å². The topological polar surface area (TPSA) is 32.3 Å². The molecule has 1 heterocycles. The number of halogens is 1. The maximum atomic E-state index is 9.08. The third kappa shape index (κ3) is 2.16. The van der Waals surface area contributed by atoms with Crippen molar-refractivity contribution in [3.05, 3.63) is 16.5 Å². The number of hydrogen-bond acceptors (Lipinski definition) is 3. The number of rotatable bonds is 4. The van der Waals surface area contributed by atoms with E-state index in [9.17, 15) is 0 Å². The third-order valence-electron chi connectivity index (χ3n) is 2.50. The van der Waals surface area contributed by atoms with Crippen LogP contribution in [-0.4, -0.2) is 18.3 Å². The number of nitrogens with one attached hydrogen (secondary N) is 1. The van der Waals surface area contributed by atoms with Crippen molar-refractivity contribution in [2.45, 2.75) is 12.8 Å². The number of hydrogen-bond donors (Lipinski definition) is 2. The van der Waals surface area contributed by atoms with E-state index in [1.807, 2.05) is 12.1 Å². The van der Waals surface area contributed by atoms with Crippen molar-refractivity contribution < 1.29 is 5.11 Å². The average molecular weight is 218 g/mol. The standard InChI is InChI=1S/C9H12ClNOS/c10-7-1-2-8(13-7)11-5-9(6-12)3-4-9/h1-2,11-12H,3-6H2. The highest BCUT2D eigenvalue weighted by molar-refractivity contribution is 7.19. The Morgan fingerprint density at radius 3 is 2.77 bits per heavy atom. The van der Waals surface area contributed by atoms with Crippen molar-refractivity contribution >= 4 is 27.9 Å². The van der Waals surface area contributed by atoms with Gasteiger partial charge < -0.3 is 10.4 Å². The van der Waals surface area contributed by atoms with Crippen LogP contribution in [0.5, 0.6) is 0 Å². The van der Waals surface area contributed by atoms with E-state index in [1.54, 1.807) is 0 Å². The summed E-state index contributed by atoms with van der Waals surface area (Å²) in [5.74, 6) is 0. The monoisotopic (exact) mass is 217 g/mol. The van der Waals surface area contributed by atoms with E-state index in [4.69, 9.17) is 16.7 Å². The molecule has 0 radical (unpaired) electrons. The van der Waals surface area contributed by atoms with Crippen LogP contribution in [0, 0.1) is 5.41 Å². The number of anilines is 1. The lowest BCUT2D eigenvalue weighted by molar-refractivity contribution is 0.220. The fraction of sp³-hybridized carbons (Fsp3) is 0.556. The normalized spacial score (nSPS) is 18.6. The molecule has 0 unspecified atom stereocenters. The molecule has 0 aromatic carbocycles. The third-order valence-corrected chi connectivity index (χ3v) is 3.69. The number of thiophene rings is 1. The molecule has 0 saturated heterocycles. The van der Waals surface area contributed by atoms with Gasteiger partial charge in [0.05, 0.1) is 15.9 Å². The molecule has 13 heavy (non-hydrogen) atoms. The summed E-state index contributed by atoms with van der Waals surface area (Å²) in [7, 11) is 0. The molecule has 1 aliphatic rings. The summed E-state index contributed by atoms with van der Waals surface area (Å²) >= 11 is 7.33. The Kier molecular flexibility index (Phi) is 2.49. The first-order valence-corrected chi connectivity index (χ1v) is 5.54. The number of aliphatic hydroxyl groups excluding tert-OH is 1. The zero-order chi connectivity index (χ0) is 9.31. The molecule has 2 nitrogen and oxygen atoms in total. The molecular formula is C9H12ClNOS. The van der Waals surface area contributed by atoms with Gasteiger partial charge in [0.2, 0.25) is 0 Å². The fourth-order valence-electron chi connectivity index (χ4n) is 1.25. The minimum absolute atomic E-state index is 0.163. The number of aliphatic hydroxyl groups is 1. The minimum atomic E-state index is 0.163. The molecule has 1 saturated carbocycles. The van der Waals surface area contributed by atoms with Crippen LogP contribution in [0.15, 0.2) is 12.1 Å². The Morgan fingerprint density at radius 2 is 2.31 bits per heavy atom.